The Morgan fingerprint density at radius 2 is 1.93 bits per heavy atom. The first-order valence-electron chi connectivity index (χ1n) is 8.61. The summed E-state index contributed by atoms with van der Waals surface area (Å²) in [5.74, 6) is 1.19. The molecular weight excluding hydrogens is 358 g/mol. The first-order chi connectivity index (χ1) is 13.6. The molecule has 1 unspecified atom stereocenters. The number of benzene rings is 2. The first-order valence-corrected chi connectivity index (χ1v) is 8.61. The van der Waals surface area contributed by atoms with Crippen molar-refractivity contribution in [1.82, 2.24) is 0 Å². The van der Waals surface area contributed by atoms with E-state index in [2.05, 4.69) is 15.6 Å². The van der Waals surface area contributed by atoms with E-state index in [-0.39, 0.29) is 12.2 Å². The first kappa shape index (κ1) is 17.6. The number of methoxy groups -OCH3 is 1. The average Bonchev–Trinajstić information content (AvgIpc) is 3.19. The van der Waals surface area contributed by atoms with Crippen LogP contribution in [0.1, 0.15) is 11.7 Å². The number of rotatable bonds is 4. The van der Waals surface area contributed by atoms with E-state index in [0.29, 0.717) is 23.0 Å². The molecule has 28 heavy (non-hydrogen) atoms. The molecule has 8 nitrogen and oxygen atoms in total. The molecule has 2 heterocycles. The van der Waals surface area contributed by atoms with Gasteiger partial charge in [0, 0.05) is 23.1 Å². The quantitative estimate of drug-likeness (QED) is 0.636. The van der Waals surface area contributed by atoms with E-state index in [9.17, 15) is 4.79 Å². The maximum absolute atomic E-state index is 12.2. The highest BCUT2D eigenvalue weighted by atomic mass is 16.5. The Hall–Kier alpha value is -3.78. The van der Waals surface area contributed by atoms with E-state index < -0.39 is 0 Å². The van der Waals surface area contributed by atoms with Crippen LogP contribution >= 0.6 is 0 Å². The molecule has 1 aliphatic rings. The normalized spacial score (nSPS) is 15.1. The third kappa shape index (κ3) is 3.53. The van der Waals surface area contributed by atoms with Gasteiger partial charge in [0.2, 0.25) is 5.88 Å². The van der Waals surface area contributed by atoms with Crippen LogP contribution in [-0.2, 0) is 0 Å². The van der Waals surface area contributed by atoms with Crippen molar-refractivity contribution in [3.05, 3.63) is 66.4 Å². The number of anilines is 3. The van der Waals surface area contributed by atoms with Gasteiger partial charge in [-0.1, -0.05) is 6.07 Å². The van der Waals surface area contributed by atoms with Crippen LogP contribution < -0.4 is 26.0 Å². The number of nitrogens with zero attached hydrogens (tertiary/aromatic N) is 2. The summed E-state index contributed by atoms with van der Waals surface area (Å²) in [6, 6.07) is 15.9. The maximum atomic E-state index is 12.2. The minimum Gasteiger partial charge on any atom is -0.497 e. The van der Waals surface area contributed by atoms with Crippen LogP contribution in [0.4, 0.5) is 27.7 Å². The molecule has 142 valence electrons. The molecule has 0 radical (unpaired) electrons. The van der Waals surface area contributed by atoms with Gasteiger partial charge in [0.05, 0.1) is 18.9 Å². The molecule has 8 heteroatoms. The van der Waals surface area contributed by atoms with Crippen molar-refractivity contribution in [3.8, 4) is 5.75 Å². The van der Waals surface area contributed by atoms with Crippen molar-refractivity contribution in [1.29, 1.82) is 0 Å². The fraction of sp³-hybridized carbons (Fsp3) is 0.100. The van der Waals surface area contributed by atoms with E-state index in [1.165, 1.54) is 0 Å². The molecule has 0 saturated carbocycles. The number of fused-ring (bicyclic) bond motifs is 1. The molecule has 1 atom stereocenters. The van der Waals surface area contributed by atoms with Gasteiger partial charge in [-0.25, -0.2) is 9.79 Å². The van der Waals surface area contributed by atoms with E-state index in [4.69, 9.17) is 14.9 Å². The van der Waals surface area contributed by atoms with Gasteiger partial charge in [-0.05, 0) is 42.5 Å². The molecule has 1 aromatic heterocycles. The lowest BCUT2D eigenvalue weighted by Crippen LogP contribution is -2.35. The van der Waals surface area contributed by atoms with Crippen molar-refractivity contribution < 1.29 is 13.9 Å². The molecular formula is C20H19N5O3. The van der Waals surface area contributed by atoms with Crippen molar-refractivity contribution in [2.24, 2.45) is 10.7 Å². The van der Waals surface area contributed by atoms with Crippen molar-refractivity contribution in [3.63, 3.8) is 0 Å². The molecule has 0 spiro atoms. The summed E-state index contributed by atoms with van der Waals surface area (Å²) < 4.78 is 10.4. The molecule has 4 N–H and O–H groups in total. The molecule has 1 aliphatic heterocycles. The Balaban J connectivity index is 1.41. The van der Waals surface area contributed by atoms with Gasteiger partial charge in [-0.2, -0.15) is 0 Å². The van der Waals surface area contributed by atoms with Crippen LogP contribution in [0.15, 0.2) is 70.3 Å². The predicted molar refractivity (Wildman–Crippen MR) is 108 cm³/mol. The number of nitrogens with one attached hydrogen (secondary N) is 2. The highest BCUT2D eigenvalue weighted by molar-refractivity contribution is 6.00. The summed E-state index contributed by atoms with van der Waals surface area (Å²) in [6.45, 7) is 0. The van der Waals surface area contributed by atoms with Gasteiger partial charge in [0.25, 0.3) is 0 Å². The molecule has 4 rings (SSSR count). The summed E-state index contributed by atoms with van der Waals surface area (Å²) in [5.41, 5.74) is 9.24. The number of ether oxygens (including phenoxy) is 1. The number of furan rings is 1. The molecule has 2 amide bonds. The standard InChI is InChI=1S/C20H19N5O3/c1-27-16-4-2-3-14(11-16)24-20(26)23-13-5-7-15(8-6-13)25-12-22-19-17(18(25)21)9-10-28-19/h2-12,18H,21H2,1H3,(H2,23,24,26). The second kappa shape index (κ2) is 7.45. The highest BCUT2D eigenvalue weighted by Gasteiger charge is 2.24. The SMILES string of the molecule is COc1cccc(NC(=O)Nc2ccc(N3C=Nc4occc4C3N)cc2)c1. The summed E-state index contributed by atoms with van der Waals surface area (Å²) in [6.07, 6.45) is 2.81. The lowest BCUT2D eigenvalue weighted by atomic mass is 10.2. The summed E-state index contributed by atoms with van der Waals surface area (Å²) in [7, 11) is 1.58. The van der Waals surface area contributed by atoms with Gasteiger partial charge in [0.1, 0.15) is 18.3 Å². The third-order valence-electron chi connectivity index (χ3n) is 4.34. The van der Waals surface area contributed by atoms with E-state index >= 15 is 0 Å². The zero-order chi connectivity index (χ0) is 19.5. The number of nitrogens with two attached hydrogens (primary N) is 1. The van der Waals surface area contributed by atoms with Crippen LogP contribution in [-0.4, -0.2) is 19.5 Å². The fourth-order valence-corrected chi connectivity index (χ4v) is 2.92. The third-order valence-corrected chi connectivity index (χ3v) is 4.34. The molecule has 0 saturated heterocycles. The zero-order valence-corrected chi connectivity index (χ0v) is 15.1. The highest BCUT2D eigenvalue weighted by Crippen LogP contribution is 2.33. The Morgan fingerprint density at radius 3 is 2.71 bits per heavy atom. The zero-order valence-electron chi connectivity index (χ0n) is 15.1. The Labute approximate surface area is 161 Å². The van der Waals surface area contributed by atoms with Crippen LogP contribution in [0.2, 0.25) is 0 Å². The topological polar surface area (TPSA) is 105 Å². The van der Waals surface area contributed by atoms with Gasteiger partial charge in [-0.15, -0.1) is 0 Å². The molecule has 2 aromatic carbocycles. The number of amides is 2. The minimum absolute atomic E-state index is 0.347. The Kier molecular flexibility index (Phi) is 4.69. The van der Waals surface area contributed by atoms with E-state index in [1.54, 1.807) is 50.0 Å². The number of aliphatic imine (C=N–C) groups is 1. The molecule has 0 bridgehead atoms. The second-order valence-electron chi connectivity index (χ2n) is 6.14. The molecule has 3 aromatic rings. The van der Waals surface area contributed by atoms with Crippen LogP contribution in [0.5, 0.6) is 5.75 Å². The fourth-order valence-electron chi connectivity index (χ4n) is 2.92. The average molecular weight is 377 g/mol. The van der Waals surface area contributed by atoms with Gasteiger partial charge < -0.3 is 30.4 Å². The number of carbonyl (C=O) groups is 1. The van der Waals surface area contributed by atoms with Crippen molar-refractivity contribution >= 4 is 35.3 Å². The van der Waals surface area contributed by atoms with E-state index in [0.717, 1.165) is 11.3 Å². The largest absolute Gasteiger partial charge is 0.497 e. The smallest absolute Gasteiger partial charge is 0.323 e. The van der Waals surface area contributed by atoms with Crippen molar-refractivity contribution in [2.75, 3.05) is 22.6 Å². The number of carbonyl (C=O) groups excluding carboxylic acids is 1. The number of hydrogen-bond acceptors (Lipinski definition) is 6. The summed E-state index contributed by atoms with van der Waals surface area (Å²) in [5, 5.41) is 5.56. The van der Waals surface area contributed by atoms with Gasteiger partial charge in [0.15, 0.2) is 0 Å². The molecule has 0 aliphatic carbocycles. The minimum atomic E-state index is -0.388. The lowest BCUT2D eigenvalue weighted by molar-refractivity contribution is 0.262. The van der Waals surface area contributed by atoms with Gasteiger partial charge in [-0.3, -0.25) is 0 Å². The summed E-state index contributed by atoms with van der Waals surface area (Å²) >= 11 is 0. The summed E-state index contributed by atoms with van der Waals surface area (Å²) in [4.78, 5) is 18.3. The Morgan fingerprint density at radius 1 is 1.14 bits per heavy atom. The maximum Gasteiger partial charge on any atom is 0.323 e. The number of hydrogen-bond donors (Lipinski definition) is 3. The molecule has 0 fully saturated rings. The monoisotopic (exact) mass is 377 g/mol. The van der Waals surface area contributed by atoms with Crippen LogP contribution in [0, 0.1) is 0 Å². The van der Waals surface area contributed by atoms with Crippen LogP contribution in [0.3, 0.4) is 0 Å². The van der Waals surface area contributed by atoms with Gasteiger partial charge >= 0.3 is 6.03 Å². The van der Waals surface area contributed by atoms with Crippen molar-refractivity contribution in [2.45, 2.75) is 6.17 Å². The predicted octanol–water partition coefficient (Wildman–Crippen LogP) is 4.07. The Bertz CT molecular complexity index is 1010. The lowest BCUT2D eigenvalue weighted by Gasteiger charge is -2.29. The van der Waals surface area contributed by atoms with E-state index in [1.807, 2.05) is 29.2 Å². The second-order valence-corrected chi connectivity index (χ2v) is 6.14. The van der Waals surface area contributed by atoms with Crippen LogP contribution in [0.25, 0.3) is 0 Å². The number of urea groups is 1.